The monoisotopic (exact) mass is 222 g/mol. The molecule has 0 bridgehead atoms. The predicted octanol–water partition coefficient (Wildman–Crippen LogP) is 3.19. The van der Waals surface area contributed by atoms with E-state index in [4.69, 9.17) is 21.9 Å². The van der Waals surface area contributed by atoms with Crippen LogP contribution in [0, 0.1) is 13.8 Å². The molecule has 78 valence electrons. The normalized spacial score (nSPS) is 10.6. The average Bonchev–Trinajstić information content (AvgIpc) is 2.46. The third-order valence-corrected chi connectivity index (χ3v) is 2.51. The van der Waals surface area contributed by atoms with Gasteiger partial charge in [-0.1, -0.05) is 34.0 Å². The first-order valence-corrected chi connectivity index (χ1v) is 4.95. The largest absolute Gasteiger partial charge is 0.380 e. The molecule has 0 amide bonds. The van der Waals surface area contributed by atoms with E-state index in [-0.39, 0.29) is 5.82 Å². The van der Waals surface area contributed by atoms with Gasteiger partial charge in [-0.05, 0) is 26.0 Å². The zero-order valence-electron chi connectivity index (χ0n) is 8.54. The van der Waals surface area contributed by atoms with Crippen LogP contribution < -0.4 is 5.73 Å². The van der Waals surface area contributed by atoms with E-state index in [2.05, 4.69) is 11.2 Å². The van der Waals surface area contributed by atoms with Crippen molar-refractivity contribution in [2.24, 2.45) is 0 Å². The van der Waals surface area contributed by atoms with E-state index in [1.165, 1.54) is 0 Å². The number of benzene rings is 1. The summed E-state index contributed by atoms with van der Waals surface area (Å²) in [5.41, 5.74) is 8.72. The van der Waals surface area contributed by atoms with E-state index >= 15 is 0 Å². The maximum Gasteiger partial charge on any atom is 0.187 e. The molecule has 15 heavy (non-hydrogen) atoms. The Hall–Kier alpha value is -1.48. The second kappa shape index (κ2) is 3.59. The Labute approximate surface area is 92.8 Å². The van der Waals surface area contributed by atoms with Crippen LogP contribution in [0.25, 0.3) is 11.3 Å². The lowest BCUT2D eigenvalue weighted by molar-refractivity contribution is 0.436. The summed E-state index contributed by atoms with van der Waals surface area (Å²) in [7, 11) is 0. The van der Waals surface area contributed by atoms with E-state index in [0.29, 0.717) is 10.8 Å². The van der Waals surface area contributed by atoms with E-state index in [0.717, 1.165) is 16.7 Å². The number of nitrogens with two attached hydrogens (primary N) is 1. The summed E-state index contributed by atoms with van der Waals surface area (Å²) in [4.78, 5) is 0. The van der Waals surface area contributed by atoms with Crippen LogP contribution in [0.2, 0.25) is 5.02 Å². The van der Waals surface area contributed by atoms with E-state index < -0.39 is 0 Å². The summed E-state index contributed by atoms with van der Waals surface area (Å²) in [5, 5.41) is 4.00. The van der Waals surface area contributed by atoms with Crippen molar-refractivity contribution in [3.8, 4) is 11.3 Å². The molecule has 0 fully saturated rings. The van der Waals surface area contributed by atoms with Crippen molar-refractivity contribution in [2.45, 2.75) is 13.8 Å². The molecule has 0 unspecified atom stereocenters. The highest BCUT2D eigenvalue weighted by molar-refractivity contribution is 6.35. The molecule has 2 rings (SSSR count). The van der Waals surface area contributed by atoms with Gasteiger partial charge < -0.3 is 10.3 Å². The minimum absolute atomic E-state index is 0.228. The molecule has 0 radical (unpaired) electrons. The Morgan fingerprint density at radius 3 is 2.27 bits per heavy atom. The van der Waals surface area contributed by atoms with Gasteiger partial charge in [-0.15, -0.1) is 0 Å². The van der Waals surface area contributed by atoms with E-state index in [9.17, 15) is 0 Å². The zero-order chi connectivity index (χ0) is 11.0. The van der Waals surface area contributed by atoms with Crippen LogP contribution in [0.5, 0.6) is 0 Å². The van der Waals surface area contributed by atoms with Gasteiger partial charge in [0.1, 0.15) is 5.02 Å². The Bertz CT molecular complexity index is 485. The highest BCUT2D eigenvalue weighted by Gasteiger charge is 2.13. The number of hydrogen-bond donors (Lipinski definition) is 1. The molecule has 0 saturated carbocycles. The minimum Gasteiger partial charge on any atom is -0.380 e. The second-order valence-electron chi connectivity index (χ2n) is 3.59. The lowest BCUT2D eigenvalue weighted by Gasteiger charge is -2.01. The standard InChI is InChI=1S/C11H11ClN2O/c1-6-3-7(2)5-8(4-6)10-9(12)11(13)14-15-10/h3-5H,1-2H3,(H2,13,14). The van der Waals surface area contributed by atoms with Gasteiger partial charge in [0, 0.05) is 5.56 Å². The summed E-state index contributed by atoms with van der Waals surface area (Å²) < 4.78 is 5.08. The first-order chi connectivity index (χ1) is 7.08. The number of aryl methyl sites for hydroxylation is 2. The summed E-state index contributed by atoms with van der Waals surface area (Å²) in [6.45, 7) is 4.04. The van der Waals surface area contributed by atoms with Crippen LogP contribution in [-0.4, -0.2) is 5.16 Å². The first-order valence-electron chi connectivity index (χ1n) is 4.57. The highest BCUT2D eigenvalue weighted by atomic mass is 35.5. The molecule has 4 heteroatoms. The number of rotatable bonds is 1. The molecule has 0 saturated heterocycles. The summed E-state index contributed by atoms with van der Waals surface area (Å²) in [6.07, 6.45) is 0. The van der Waals surface area contributed by atoms with Gasteiger partial charge in [0.25, 0.3) is 0 Å². The molecule has 0 aliphatic rings. The lowest BCUT2D eigenvalue weighted by Crippen LogP contribution is -1.84. The van der Waals surface area contributed by atoms with Crippen LogP contribution in [0.3, 0.4) is 0 Å². The predicted molar refractivity (Wildman–Crippen MR) is 60.8 cm³/mol. The molecule has 1 aromatic carbocycles. The smallest absolute Gasteiger partial charge is 0.187 e. The van der Waals surface area contributed by atoms with Crippen molar-refractivity contribution in [2.75, 3.05) is 5.73 Å². The highest BCUT2D eigenvalue weighted by Crippen LogP contribution is 2.32. The number of aromatic nitrogens is 1. The second-order valence-corrected chi connectivity index (χ2v) is 3.97. The number of anilines is 1. The zero-order valence-corrected chi connectivity index (χ0v) is 9.30. The Morgan fingerprint density at radius 2 is 1.80 bits per heavy atom. The molecule has 0 aliphatic heterocycles. The number of hydrogen-bond acceptors (Lipinski definition) is 3. The maximum absolute atomic E-state index is 5.97. The number of halogens is 1. The van der Waals surface area contributed by atoms with Gasteiger partial charge in [-0.25, -0.2) is 0 Å². The molecule has 0 aliphatic carbocycles. The fourth-order valence-corrected chi connectivity index (χ4v) is 1.75. The molecule has 2 aromatic rings. The quantitative estimate of drug-likeness (QED) is 0.806. The van der Waals surface area contributed by atoms with Crippen LogP contribution in [0.15, 0.2) is 22.7 Å². The molecular formula is C11H11ClN2O. The Balaban J connectivity index is 2.58. The van der Waals surface area contributed by atoms with Crippen molar-refractivity contribution in [3.05, 3.63) is 34.3 Å². The molecule has 2 N–H and O–H groups in total. The fourth-order valence-electron chi connectivity index (χ4n) is 1.58. The van der Waals surface area contributed by atoms with Gasteiger partial charge >= 0.3 is 0 Å². The topological polar surface area (TPSA) is 52.0 Å². The first kappa shape index (κ1) is 10.1. The van der Waals surface area contributed by atoms with E-state index in [1.54, 1.807) is 0 Å². The number of nitrogen functional groups attached to an aromatic ring is 1. The molecular weight excluding hydrogens is 212 g/mol. The van der Waals surface area contributed by atoms with Crippen molar-refractivity contribution >= 4 is 17.4 Å². The van der Waals surface area contributed by atoms with Gasteiger partial charge in [-0.3, -0.25) is 0 Å². The molecule has 1 heterocycles. The summed E-state index contributed by atoms with van der Waals surface area (Å²) >= 11 is 5.97. The van der Waals surface area contributed by atoms with E-state index in [1.807, 2.05) is 26.0 Å². The van der Waals surface area contributed by atoms with Crippen molar-refractivity contribution < 1.29 is 4.52 Å². The third-order valence-electron chi connectivity index (χ3n) is 2.14. The van der Waals surface area contributed by atoms with Gasteiger partial charge in [0.15, 0.2) is 11.6 Å². The van der Waals surface area contributed by atoms with Crippen molar-refractivity contribution in [1.82, 2.24) is 5.16 Å². The van der Waals surface area contributed by atoms with Gasteiger partial charge in [-0.2, -0.15) is 0 Å². The van der Waals surface area contributed by atoms with Gasteiger partial charge in [0.2, 0.25) is 0 Å². The third kappa shape index (κ3) is 1.83. The minimum atomic E-state index is 0.228. The van der Waals surface area contributed by atoms with Crippen LogP contribution in [0.1, 0.15) is 11.1 Å². The SMILES string of the molecule is Cc1cc(C)cc(-c2onc(N)c2Cl)c1. The Morgan fingerprint density at radius 1 is 1.20 bits per heavy atom. The van der Waals surface area contributed by atoms with Crippen LogP contribution in [-0.2, 0) is 0 Å². The average molecular weight is 223 g/mol. The van der Waals surface area contributed by atoms with Gasteiger partial charge in [0.05, 0.1) is 0 Å². The summed E-state index contributed by atoms with van der Waals surface area (Å²) in [5.74, 6) is 0.756. The molecule has 3 nitrogen and oxygen atoms in total. The lowest BCUT2D eigenvalue weighted by atomic mass is 10.1. The fraction of sp³-hybridized carbons (Fsp3) is 0.182. The maximum atomic E-state index is 5.97. The van der Waals surface area contributed by atoms with Crippen LogP contribution in [0.4, 0.5) is 5.82 Å². The van der Waals surface area contributed by atoms with Crippen LogP contribution >= 0.6 is 11.6 Å². The van der Waals surface area contributed by atoms with Crippen molar-refractivity contribution in [1.29, 1.82) is 0 Å². The molecule has 0 atom stereocenters. The molecule has 0 spiro atoms. The summed E-state index contributed by atoms with van der Waals surface area (Å²) in [6, 6.07) is 6.05. The Kier molecular flexibility index (Phi) is 2.40. The molecule has 1 aromatic heterocycles. The van der Waals surface area contributed by atoms with Crippen molar-refractivity contribution in [3.63, 3.8) is 0 Å². The number of nitrogens with zero attached hydrogens (tertiary/aromatic N) is 1.